The highest BCUT2D eigenvalue weighted by atomic mass is 79.9. The van der Waals surface area contributed by atoms with Crippen molar-refractivity contribution in [3.8, 4) is 6.07 Å². The number of nitriles is 1. The summed E-state index contributed by atoms with van der Waals surface area (Å²) in [5.41, 5.74) is 3.50. The molecule has 5 nitrogen and oxygen atoms in total. The van der Waals surface area contributed by atoms with Crippen LogP contribution in [0, 0.1) is 18.3 Å². The molecule has 0 saturated carbocycles. The van der Waals surface area contributed by atoms with E-state index in [9.17, 15) is 0 Å². The molecule has 1 heterocycles. The van der Waals surface area contributed by atoms with Gasteiger partial charge in [0.2, 0.25) is 0 Å². The van der Waals surface area contributed by atoms with Gasteiger partial charge >= 0.3 is 0 Å². The van der Waals surface area contributed by atoms with Gasteiger partial charge < -0.3 is 10.6 Å². The molecule has 0 bridgehead atoms. The van der Waals surface area contributed by atoms with Gasteiger partial charge in [0.25, 0.3) is 0 Å². The van der Waals surface area contributed by atoms with E-state index in [2.05, 4.69) is 42.6 Å². The van der Waals surface area contributed by atoms with Crippen molar-refractivity contribution in [1.82, 2.24) is 9.97 Å². The van der Waals surface area contributed by atoms with Crippen molar-refractivity contribution in [2.45, 2.75) is 6.92 Å². The van der Waals surface area contributed by atoms with Crippen LogP contribution in [-0.4, -0.2) is 9.97 Å². The Morgan fingerprint density at radius 1 is 1.00 bits per heavy atom. The smallest absolute Gasteiger partial charge is 0.135 e. The minimum Gasteiger partial charge on any atom is -0.340 e. The highest BCUT2D eigenvalue weighted by Crippen LogP contribution is 2.27. The van der Waals surface area contributed by atoms with E-state index in [1.54, 1.807) is 12.1 Å². The highest BCUT2D eigenvalue weighted by molar-refractivity contribution is 9.10. The maximum atomic E-state index is 8.96. The fourth-order valence-electron chi connectivity index (χ4n) is 2.17. The van der Waals surface area contributed by atoms with Crippen molar-refractivity contribution in [3.63, 3.8) is 0 Å². The third-order valence-electron chi connectivity index (χ3n) is 3.32. The van der Waals surface area contributed by atoms with E-state index in [1.807, 2.05) is 43.3 Å². The number of benzene rings is 2. The van der Waals surface area contributed by atoms with E-state index < -0.39 is 0 Å². The molecule has 24 heavy (non-hydrogen) atoms. The van der Waals surface area contributed by atoms with E-state index >= 15 is 0 Å². The van der Waals surface area contributed by atoms with Gasteiger partial charge in [-0.3, -0.25) is 0 Å². The van der Waals surface area contributed by atoms with E-state index in [-0.39, 0.29) is 0 Å². The second kappa shape index (κ2) is 7.11. The maximum absolute atomic E-state index is 8.96. The van der Waals surface area contributed by atoms with Crippen LogP contribution in [0.2, 0.25) is 0 Å². The number of aromatic nitrogens is 2. The van der Waals surface area contributed by atoms with Crippen molar-refractivity contribution < 1.29 is 0 Å². The highest BCUT2D eigenvalue weighted by Gasteiger charge is 2.04. The average Bonchev–Trinajstić information content (AvgIpc) is 2.58. The van der Waals surface area contributed by atoms with Gasteiger partial charge in [0.15, 0.2) is 0 Å². The maximum Gasteiger partial charge on any atom is 0.135 e. The SMILES string of the molecule is Cc1ccc(Nc2cc(Nc3cccc(C#N)c3)ncn2)c(Br)c1. The number of nitrogens with zero attached hydrogens (tertiary/aromatic N) is 3. The Bertz CT molecular complexity index is 917. The lowest BCUT2D eigenvalue weighted by Crippen LogP contribution is -1.99. The lowest BCUT2D eigenvalue weighted by Gasteiger charge is -2.10. The molecule has 6 heteroatoms. The molecule has 3 rings (SSSR count). The molecular formula is C18H14BrN5. The Kier molecular flexibility index (Phi) is 4.73. The predicted octanol–water partition coefficient (Wildman–Crippen LogP) is 4.91. The zero-order valence-electron chi connectivity index (χ0n) is 12.9. The largest absolute Gasteiger partial charge is 0.340 e. The van der Waals surface area contributed by atoms with Crippen molar-refractivity contribution >= 4 is 38.9 Å². The number of halogens is 1. The molecule has 0 aliphatic carbocycles. The minimum absolute atomic E-state index is 0.594. The molecule has 1 aromatic heterocycles. The fraction of sp³-hybridized carbons (Fsp3) is 0.0556. The quantitative estimate of drug-likeness (QED) is 0.673. The van der Waals surface area contributed by atoms with Crippen molar-refractivity contribution in [2.75, 3.05) is 10.6 Å². The van der Waals surface area contributed by atoms with Crippen LogP contribution < -0.4 is 10.6 Å². The summed E-state index contributed by atoms with van der Waals surface area (Å²) < 4.78 is 0.970. The average molecular weight is 380 g/mol. The first-order valence-electron chi connectivity index (χ1n) is 7.26. The Balaban J connectivity index is 1.80. The van der Waals surface area contributed by atoms with Crippen molar-refractivity contribution in [2.24, 2.45) is 0 Å². The summed E-state index contributed by atoms with van der Waals surface area (Å²) in [5.74, 6) is 1.32. The van der Waals surface area contributed by atoms with Crippen LogP contribution in [0.5, 0.6) is 0 Å². The molecule has 2 N–H and O–H groups in total. The monoisotopic (exact) mass is 379 g/mol. The van der Waals surface area contributed by atoms with Crippen LogP contribution in [0.3, 0.4) is 0 Å². The first kappa shape index (κ1) is 16.0. The first-order valence-corrected chi connectivity index (χ1v) is 8.06. The van der Waals surface area contributed by atoms with Crippen molar-refractivity contribution in [3.05, 3.63) is 70.5 Å². The van der Waals surface area contributed by atoms with Crippen molar-refractivity contribution in [1.29, 1.82) is 5.26 Å². The predicted molar refractivity (Wildman–Crippen MR) is 98.6 cm³/mol. The fourth-order valence-corrected chi connectivity index (χ4v) is 2.76. The molecule has 0 fully saturated rings. The molecule has 0 aliphatic heterocycles. The lowest BCUT2D eigenvalue weighted by molar-refractivity contribution is 1.16. The van der Waals surface area contributed by atoms with Gasteiger partial charge in [-0.05, 0) is 58.7 Å². The molecule has 0 amide bonds. The zero-order valence-corrected chi connectivity index (χ0v) is 14.5. The topological polar surface area (TPSA) is 73.6 Å². The van der Waals surface area contributed by atoms with Gasteiger partial charge in [-0.15, -0.1) is 0 Å². The molecular weight excluding hydrogens is 366 g/mol. The van der Waals surface area contributed by atoms with Crippen LogP contribution in [0.4, 0.5) is 23.0 Å². The van der Waals surface area contributed by atoms with E-state index in [1.165, 1.54) is 11.9 Å². The molecule has 0 saturated heterocycles. The zero-order chi connectivity index (χ0) is 16.9. The van der Waals surface area contributed by atoms with Crippen LogP contribution >= 0.6 is 15.9 Å². The number of hydrogen-bond acceptors (Lipinski definition) is 5. The van der Waals surface area contributed by atoms with E-state index in [0.29, 0.717) is 17.2 Å². The van der Waals surface area contributed by atoms with Gasteiger partial charge in [0, 0.05) is 16.2 Å². The van der Waals surface area contributed by atoms with Crippen LogP contribution in [0.25, 0.3) is 0 Å². The van der Waals surface area contributed by atoms with Crippen LogP contribution in [0.15, 0.2) is 59.3 Å². The summed E-state index contributed by atoms with van der Waals surface area (Å²) >= 11 is 3.54. The van der Waals surface area contributed by atoms with E-state index in [4.69, 9.17) is 5.26 Å². The summed E-state index contributed by atoms with van der Waals surface area (Å²) in [6.45, 7) is 2.04. The summed E-state index contributed by atoms with van der Waals surface area (Å²) in [6, 6.07) is 17.2. The summed E-state index contributed by atoms with van der Waals surface area (Å²) in [6.07, 6.45) is 1.49. The molecule has 2 aromatic carbocycles. The van der Waals surface area contributed by atoms with Gasteiger partial charge in [-0.1, -0.05) is 12.1 Å². The van der Waals surface area contributed by atoms with Gasteiger partial charge in [0.1, 0.15) is 18.0 Å². The van der Waals surface area contributed by atoms with E-state index in [0.717, 1.165) is 15.8 Å². The molecule has 0 spiro atoms. The number of hydrogen-bond donors (Lipinski definition) is 2. The molecule has 0 radical (unpaired) electrons. The third kappa shape index (κ3) is 3.89. The Hall–Kier alpha value is -2.91. The molecule has 118 valence electrons. The Labute approximate surface area is 148 Å². The number of anilines is 4. The standard InChI is InChI=1S/C18H14BrN5/c1-12-5-6-16(15(19)7-12)24-18-9-17(21-11-22-18)23-14-4-2-3-13(8-14)10-20/h2-9,11H,1H3,(H2,21,22,23,24). The Morgan fingerprint density at radius 2 is 1.79 bits per heavy atom. The first-order chi connectivity index (χ1) is 11.6. The second-order valence-corrected chi connectivity index (χ2v) is 6.07. The molecule has 0 aliphatic rings. The second-order valence-electron chi connectivity index (χ2n) is 5.21. The number of aryl methyl sites for hydroxylation is 1. The molecule has 3 aromatic rings. The molecule has 0 atom stereocenters. The Morgan fingerprint density at radius 3 is 2.54 bits per heavy atom. The van der Waals surface area contributed by atoms with Gasteiger partial charge in [-0.25, -0.2) is 9.97 Å². The van der Waals surface area contributed by atoms with Gasteiger partial charge in [0.05, 0.1) is 17.3 Å². The van der Waals surface area contributed by atoms with Crippen LogP contribution in [0.1, 0.15) is 11.1 Å². The minimum atomic E-state index is 0.594. The van der Waals surface area contributed by atoms with Gasteiger partial charge in [-0.2, -0.15) is 5.26 Å². The molecule has 0 unspecified atom stereocenters. The summed E-state index contributed by atoms with van der Waals surface area (Å²) in [4.78, 5) is 8.45. The number of nitrogens with one attached hydrogen (secondary N) is 2. The third-order valence-corrected chi connectivity index (χ3v) is 3.97. The number of rotatable bonds is 4. The normalized spacial score (nSPS) is 10.0. The van der Waals surface area contributed by atoms with Crippen LogP contribution in [-0.2, 0) is 0 Å². The summed E-state index contributed by atoms with van der Waals surface area (Å²) in [7, 11) is 0. The lowest BCUT2D eigenvalue weighted by atomic mass is 10.2. The summed E-state index contributed by atoms with van der Waals surface area (Å²) in [5, 5.41) is 15.4.